The Morgan fingerprint density at radius 3 is 2.63 bits per heavy atom. The fraction of sp³-hybridized carbons (Fsp3) is 0.476. The summed E-state index contributed by atoms with van der Waals surface area (Å²) in [5, 5.41) is 7.39. The number of carbonyl (C=O) groups is 1. The van der Waals surface area contributed by atoms with Gasteiger partial charge < -0.3 is 5.32 Å². The summed E-state index contributed by atoms with van der Waals surface area (Å²) in [4.78, 5) is 24.8. The Morgan fingerprint density at radius 2 is 2.00 bits per heavy atom. The molecule has 1 N–H and O–H groups in total. The molecule has 144 valence electrons. The van der Waals surface area contributed by atoms with Gasteiger partial charge in [-0.25, -0.2) is 9.07 Å². The van der Waals surface area contributed by atoms with Crippen LogP contribution in [0.4, 0.5) is 4.39 Å². The van der Waals surface area contributed by atoms with Crippen LogP contribution in [-0.2, 0) is 11.3 Å². The predicted octanol–water partition coefficient (Wildman–Crippen LogP) is 3.40. The number of carbonyl (C=O) groups excluding carboxylic acids is 1. The van der Waals surface area contributed by atoms with E-state index in [1.165, 1.54) is 22.9 Å². The minimum Gasteiger partial charge on any atom is -0.352 e. The Labute approximate surface area is 158 Å². The maximum absolute atomic E-state index is 13.7. The molecule has 1 aromatic carbocycles. The van der Waals surface area contributed by atoms with E-state index >= 15 is 0 Å². The molecular weight excluding hydrogens is 345 g/mol. The standard InChI is InChI=1S/C21H26FN3O2/c1-12(2)21-18(17-9-15(22)6-5-14(17)4)10-20(27)25(24-21)11-19(26)23-16-7-13(3)8-16/h5-6,9-10,12-13,16H,7-8,11H2,1-4H3,(H,23,26). The average molecular weight is 371 g/mol. The zero-order chi connectivity index (χ0) is 19.7. The lowest BCUT2D eigenvalue weighted by molar-refractivity contribution is -0.123. The summed E-state index contributed by atoms with van der Waals surface area (Å²) in [6.07, 6.45) is 1.95. The van der Waals surface area contributed by atoms with Crippen molar-refractivity contribution < 1.29 is 9.18 Å². The number of hydrogen-bond acceptors (Lipinski definition) is 3. The fourth-order valence-corrected chi connectivity index (χ4v) is 3.57. The molecular formula is C21H26FN3O2. The summed E-state index contributed by atoms with van der Waals surface area (Å²) in [7, 11) is 0. The van der Waals surface area contributed by atoms with E-state index in [1.54, 1.807) is 6.07 Å². The summed E-state index contributed by atoms with van der Waals surface area (Å²) in [5.41, 5.74) is 2.46. The number of nitrogens with zero attached hydrogens (tertiary/aromatic N) is 2. The Bertz CT molecular complexity index is 914. The summed E-state index contributed by atoms with van der Waals surface area (Å²) < 4.78 is 14.9. The highest BCUT2D eigenvalue weighted by Gasteiger charge is 2.27. The van der Waals surface area contributed by atoms with Crippen LogP contribution in [0.5, 0.6) is 0 Å². The largest absolute Gasteiger partial charge is 0.352 e. The molecule has 2 aromatic rings. The van der Waals surface area contributed by atoms with Gasteiger partial charge in [0, 0.05) is 17.7 Å². The van der Waals surface area contributed by atoms with Gasteiger partial charge in [-0.15, -0.1) is 0 Å². The quantitative estimate of drug-likeness (QED) is 0.876. The number of halogens is 1. The minimum absolute atomic E-state index is 0.0186. The van der Waals surface area contributed by atoms with Crippen LogP contribution in [0.15, 0.2) is 29.1 Å². The number of rotatable bonds is 5. The Kier molecular flexibility index (Phi) is 5.44. The number of hydrogen-bond donors (Lipinski definition) is 1. The third-order valence-electron chi connectivity index (χ3n) is 5.10. The van der Waals surface area contributed by atoms with Crippen LogP contribution in [0.25, 0.3) is 11.1 Å². The number of aryl methyl sites for hydroxylation is 1. The molecule has 0 aliphatic heterocycles. The van der Waals surface area contributed by atoms with E-state index in [9.17, 15) is 14.0 Å². The minimum atomic E-state index is -0.366. The summed E-state index contributed by atoms with van der Waals surface area (Å²) in [5.74, 6) is 0.0945. The monoisotopic (exact) mass is 371 g/mol. The maximum Gasteiger partial charge on any atom is 0.267 e. The number of amides is 1. The molecule has 6 heteroatoms. The molecule has 27 heavy (non-hydrogen) atoms. The van der Waals surface area contributed by atoms with Crippen LogP contribution in [-0.4, -0.2) is 21.7 Å². The number of aromatic nitrogens is 2. The van der Waals surface area contributed by atoms with E-state index in [-0.39, 0.29) is 35.8 Å². The van der Waals surface area contributed by atoms with Crippen molar-refractivity contribution in [2.75, 3.05) is 0 Å². The van der Waals surface area contributed by atoms with Gasteiger partial charge in [0.25, 0.3) is 5.56 Å². The first-order valence-corrected chi connectivity index (χ1v) is 9.42. The smallest absolute Gasteiger partial charge is 0.267 e. The summed E-state index contributed by atoms with van der Waals surface area (Å²) >= 11 is 0. The lowest BCUT2D eigenvalue weighted by Crippen LogP contribution is -2.45. The maximum atomic E-state index is 13.7. The molecule has 1 aliphatic rings. The van der Waals surface area contributed by atoms with Gasteiger partial charge in [-0.05, 0) is 54.9 Å². The van der Waals surface area contributed by atoms with Gasteiger partial charge in [0.1, 0.15) is 12.4 Å². The molecule has 0 spiro atoms. The van der Waals surface area contributed by atoms with Crippen molar-refractivity contribution in [3.63, 3.8) is 0 Å². The van der Waals surface area contributed by atoms with Crippen molar-refractivity contribution >= 4 is 5.91 Å². The number of nitrogens with one attached hydrogen (secondary N) is 1. The van der Waals surface area contributed by atoms with Crippen molar-refractivity contribution in [2.45, 2.75) is 59.0 Å². The second-order valence-corrected chi connectivity index (χ2v) is 7.89. The Balaban J connectivity index is 1.91. The first-order chi connectivity index (χ1) is 12.7. The molecule has 1 aromatic heterocycles. The SMILES string of the molecule is Cc1ccc(F)cc1-c1cc(=O)n(CC(=O)NC2CC(C)C2)nc1C(C)C. The first kappa shape index (κ1) is 19.3. The molecule has 1 amide bonds. The molecule has 1 aliphatic carbocycles. The molecule has 0 atom stereocenters. The average Bonchev–Trinajstić information content (AvgIpc) is 2.57. The van der Waals surface area contributed by atoms with Crippen LogP contribution in [0.2, 0.25) is 0 Å². The molecule has 0 unspecified atom stereocenters. The van der Waals surface area contributed by atoms with E-state index in [4.69, 9.17) is 0 Å². The van der Waals surface area contributed by atoms with E-state index in [0.29, 0.717) is 22.7 Å². The van der Waals surface area contributed by atoms with Gasteiger partial charge in [-0.3, -0.25) is 9.59 Å². The molecule has 0 radical (unpaired) electrons. The zero-order valence-electron chi connectivity index (χ0n) is 16.3. The van der Waals surface area contributed by atoms with Gasteiger partial charge in [0.05, 0.1) is 5.69 Å². The lowest BCUT2D eigenvalue weighted by Gasteiger charge is -2.33. The molecule has 1 heterocycles. The van der Waals surface area contributed by atoms with Crippen LogP contribution in [0.3, 0.4) is 0 Å². The van der Waals surface area contributed by atoms with Crippen molar-refractivity contribution in [1.82, 2.24) is 15.1 Å². The van der Waals surface area contributed by atoms with Gasteiger partial charge in [0.2, 0.25) is 5.91 Å². The summed E-state index contributed by atoms with van der Waals surface area (Å²) in [6.45, 7) is 7.84. The van der Waals surface area contributed by atoms with Crippen molar-refractivity contribution in [3.8, 4) is 11.1 Å². The second-order valence-electron chi connectivity index (χ2n) is 7.89. The predicted molar refractivity (Wildman–Crippen MR) is 103 cm³/mol. The third-order valence-corrected chi connectivity index (χ3v) is 5.10. The molecule has 5 nitrogen and oxygen atoms in total. The van der Waals surface area contributed by atoms with Crippen molar-refractivity contribution in [3.05, 3.63) is 51.7 Å². The molecule has 0 saturated heterocycles. The van der Waals surface area contributed by atoms with E-state index in [1.807, 2.05) is 20.8 Å². The van der Waals surface area contributed by atoms with Crippen molar-refractivity contribution in [2.24, 2.45) is 5.92 Å². The van der Waals surface area contributed by atoms with Crippen LogP contribution >= 0.6 is 0 Å². The normalized spacial score (nSPS) is 19.0. The van der Waals surface area contributed by atoms with Gasteiger partial charge in [-0.1, -0.05) is 26.8 Å². The van der Waals surface area contributed by atoms with Crippen LogP contribution in [0.1, 0.15) is 50.8 Å². The highest BCUT2D eigenvalue weighted by molar-refractivity contribution is 5.76. The molecule has 1 fully saturated rings. The Morgan fingerprint density at radius 1 is 1.30 bits per heavy atom. The zero-order valence-corrected chi connectivity index (χ0v) is 16.3. The molecule has 0 bridgehead atoms. The van der Waals surface area contributed by atoms with Gasteiger partial charge in [0.15, 0.2) is 0 Å². The highest BCUT2D eigenvalue weighted by atomic mass is 19.1. The van der Waals surface area contributed by atoms with E-state index in [0.717, 1.165) is 18.4 Å². The highest BCUT2D eigenvalue weighted by Crippen LogP contribution is 2.29. The van der Waals surface area contributed by atoms with E-state index in [2.05, 4.69) is 17.3 Å². The molecule has 3 rings (SSSR count). The van der Waals surface area contributed by atoms with Crippen LogP contribution < -0.4 is 10.9 Å². The first-order valence-electron chi connectivity index (χ1n) is 9.42. The topological polar surface area (TPSA) is 64.0 Å². The fourth-order valence-electron chi connectivity index (χ4n) is 3.57. The van der Waals surface area contributed by atoms with Gasteiger partial charge in [-0.2, -0.15) is 5.10 Å². The van der Waals surface area contributed by atoms with Crippen LogP contribution in [0, 0.1) is 18.7 Å². The van der Waals surface area contributed by atoms with E-state index < -0.39 is 0 Å². The van der Waals surface area contributed by atoms with Gasteiger partial charge >= 0.3 is 0 Å². The summed E-state index contributed by atoms with van der Waals surface area (Å²) in [6, 6.07) is 6.17. The Hall–Kier alpha value is -2.50. The van der Waals surface area contributed by atoms with Crippen molar-refractivity contribution in [1.29, 1.82) is 0 Å². The number of benzene rings is 1. The molecule has 1 saturated carbocycles. The lowest BCUT2D eigenvalue weighted by atomic mass is 9.82. The third kappa shape index (κ3) is 4.26. The second kappa shape index (κ2) is 7.62.